The Morgan fingerprint density at radius 3 is 2.85 bits per heavy atom. The zero-order valence-corrected chi connectivity index (χ0v) is 18.7. The van der Waals surface area contributed by atoms with Crippen molar-refractivity contribution in [1.82, 2.24) is 9.88 Å². The van der Waals surface area contributed by atoms with E-state index in [1.54, 1.807) is 43.8 Å². The van der Waals surface area contributed by atoms with Crippen molar-refractivity contribution < 1.29 is 24.2 Å². The summed E-state index contributed by atoms with van der Waals surface area (Å²) in [7, 11) is 1.57. The zero-order chi connectivity index (χ0) is 23.7. The molecule has 5 rings (SSSR count). The fraction of sp³-hybridized carbons (Fsp3) is 0.222. The first-order valence-corrected chi connectivity index (χ1v) is 11.1. The second kappa shape index (κ2) is 9.02. The predicted octanol–water partition coefficient (Wildman–Crippen LogP) is 4.04. The third kappa shape index (κ3) is 3.90. The Morgan fingerprint density at radius 2 is 2.06 bits per heavy atom. The number of likely N-dealkylation sites (tertiary alicyclic amines) is 1. The van der Waals surface area contributed by atoms with E-state index in [-0.39, 0.29) is 17.9 Å². The molecule has 7 nitrogen and oxygen atoms in total. The molecule has 1 N–H and O–H groups in total. The smallest absolute Gasteiger partial charge is 0.295 e. The van der Waals surface area contributed by atoms with Crippen molar-refractivity contribution in [1.29, 1.82) is 0 Å². The molecule has 3 aromatic rings. The number of aliphatic hydroxyl groups is 1. The Bertz CT molecular complexity index is 1290. The van der Waals surface area contributed by atoms with Gasteiger partial charge in [0.25, 0.3) is 11.7 Å². The number of carbonyl (C=O) groups excluding carboxylic acids is 2. The number of nitrogens with zero attached hydrogens (tertiary/aromatic N) is 2. The Balaban J connectivity index is 1.60. The van der Waals surface area contributed by atoms with E-state index in [0.717, 1.165) is 29.7 Å². The molecule has 2 aromatic carbocycles. The lowest BCUT2D eigenvalue weighted by Crippen LogP contribution is -2.29. The normalized spacial score (nSPS) is 19.0. The summed E-state index contributed by atoms with van der Waals surface area (Å²) in [6, 6.07) is 15.5. The number of rotatable bonds is 5. The van der Waals surface area contributed by atoms with E-state index >= 15 is 0 Å². The number of pyridine rings is 1. The first kappa shape index (κ1) is 21.7. The fourth-order valence-electron chi connectivity index (χ4n) is 4.56. The molecule has 1 fully saturated rings. The molecule has 1 unspecified atom stereocenters. The van der Waals surface area contributed by atoms with Gasteiger partial charge in [0.15, 0.2) is 0 Å². The van der Waals surface area contributed by atoms with E-state index in [9.17, 15) is 14.7 Å². The van der Waals surface area contributed by atoms with E-state index in [4.69, 9.17) is 9.47 Å². The first-order chi connectivity index (χ1) is 16.6. The summed E-state index contributed by atoms with van der Waals surface area (Å²) >= 11 is 0. The van der Waals surface area contributed by atoms with Crippen LogP contribution in [0.2, 0.25) is 0 Å². The molecule has 34 heavy (non-hydrogen) atoms. The third-order valence-electron chi connectivity index (χ3n) is 6.21. The quantitative estimate of drug-likeness (QED) is 0.354. The highest BCUT2D eigenvalue weighted by Crippen LogP contribution is 2.41. The lowest BCUT2D eigenvalue weighted by atomic mass is 9.94. The van der Waals surface area contributed by atoms with Crippen LogP contribution in [0, 0.1) is 0 Å². The van der Waals surface area contributed by atoms with Crippen molar-refractivity contribution in [3.8, 4) is 11.5 Å². The van der Waals surface area contributed by atoms with Crippen molar-refractivity contribution in [3.63, 3.8) is 0 Å². The summed E-state index contributed by atoms with van der Waals surface area (Å²) in [5.74, 6) is -0.148. The van der Waals surface area contributed by atoms with E-state index in [2.05, 4.69) is 4.98 Å². The number of ether oxygens (including phenoxy) is 2. The van der Waals surface area contributed by atoms with Gasteiger partial charge in [0.1, 0.15) is 17.3 Å². The SMILES string of the molecule is COc1cccc(CN2C(=O)C(=O)/C(=C(\O)c3ccc4c(c3)CCCO4)C2c2cccnc2)c1. The lowest BCUT2D eigenvalue weighted by molar-refractivity contribution is -0.140. The van der Waals surface area contributed by atoms with Crippen molar-refractivity contribution in [2.45, 2.75) is 25.4 Å². The van der Waals surface area contributed by atoms with Gasteiger partial charge in [0, 0.05) is 24.5 Å². The number of hydrogen-bond donors (Lipinski definition) is 1. The number of methoxy groups -OCH3 is 1. The predicted molar refractivity (Wildman–Crippen MR) is 125 cm³/mol. The molecule has 0 saturated carbocycles. The van der Waals surface area contributed by atoms with E-state index in [1.807, 2.05) is 30.3 Å². The molecular formula is C27H24N2O5. The van der Waals surface area contributed by atoms with E-state index in [1.165, 1.54) is 4.90 Å². The minimum absolute atomic E-state index is 0.0533. The topological polar surface area (TPSA) is 89.0 Å². The van der Waals surface area contributed by atoms with Gasteiger partial charge >= 0.3 is 0 Å². The molecule has 3 heterocycles. The van der Waals surface area contributed by atoms with Gasteiger partial charge in [-0.2, -0.15) is 0 Å². The highest BCUT2D eigenvalue weighted by atomic mass is 16.5. The average Bonchev–Trinajstić information content (AvgIpc) is 3.13. The standard InChI is InChI=1S/C27H24N2O5/c1-33-21-8-2-5-17(13-21)16-29-24(20-6-3-11-28-15-20)23(26(31)27(29)32)25(30)19-9-10-22-18(14-19)7-4-12-34-22/h2-3,5-6,8-11,13-15,24,30H,4,7,12,16H2,1H3/b25-23-. The molecule has 0 spiro atoms. The summed E-state index contributed by atoms with van der Waals surface area (Å²) in [6.45, 7) is 0.838. The number of Topliss-reactive ketones (excluding diaryl/α,β-unsaturated/α-hetero) is 1. The second-order valence-electron chi connectivity index (χ2n) is 8.34. The van der Waals surface area contributed by atoms with Crippen LogP contribution in [0.1, 0.15) is 34.7 Å². The lowest BCUT2D eigenvalue weighted by Gasteiger charge is -2.25. The maximum atomic E-state index is 13.2. The Hall–Kier alpha value is -4.13. The number of aliphatic hydroxyl groups excluding tert-OH is 1. The fourth-order valence-corrected chi connectivity index (χ4v) is 4.56. The molecule has 1 atom stereocenters. The highest BCUT2D eigenvalue weighted by Gasteiger charge is 2.46. The molecule has 0 aliphatic carbocycles. The Morgan fingerprint density at radius 1 is 1.18 bits per heavy atom. The van der Waals surface area contributed by atoms with Gasteiger partial charge in [0.2, 0.25) is 0 Å². The molecule has 1 saturated heterocycles. The van der Waals surface area contributed by atoms with Crippen molar-refractivity contribution in [2.75, 3.05) is 13.7 Å². The van der Waals surface area contributed by atoms with Gasteiger partial charge in [-0.05, 0) is 65.9 Å². The van der Waals surface area contributed by atoms with Crippen LogP contribution < -0.4 is 9.47 Å². The average molecular weight is 456 g/mol. The third-order valence-corrected chi connectivity index (χ3v) is 6.21. The molecule has 1 amide bonds. The molecule has 2 aliphatic heterocycles. The van der Waals surface area contributed by atoms with Crippen LogP contribution in [-0.4, -0.2) is 40.4 Å². The van der Waals surface area contributed by atoms with Crippen molar-refractivity contribution >= 4 is 17.4 Å². The molecular weight excluding hydrogens is 432 g/mol. The minimum Gasteiger partial charge on any atom is -0.507 e. The van der Waals surface area contributed by atoms with E-state index < -0.39 is 17.7 Å². The number of benzene rings is 2. The van der Waals surface area contributed by atoms with Gasteiger partial charge in [-0.3, -0.25) is 14.6 Å². The number of aromatic nitrogens is 1. The van der Waals surface area contributed by atoms with Crippen LogP contribution >= 0.6 is 0 Å². The van der Waals surface area contributed by atoms with Crippen LogP contribution in [0.15, 0.2) is 72.6 Å². The summed E-state index contributed by atoms with van der Waals surface area (Å²) in [4.78, 5) is 32.1. The summed E-state index contributed by atoms with van der Waals surface area (Å²) in [5.41, 5.74) is 2.96. The Kier molecular flexibility index (Phi) is 5.76. The maximum absolute atomic E-state index is 13.2. The van der Waals surface area contributed by atoms with Gasteiger partial charge in [-0.25, -0.2) is 0 Å². The first-order valence-electron chi connectivity index (χ1n) is 11.1. The van der Waals surface area contributed by atoms with Crippen LogP contribution in [0.3, 0.4) is 0 Å². The summed E-state index contributed by atoms with van der Waals surface area (Å²) in [6.07, 6.45) is 4.95. The minimum atomic E-state index is -0.771. The summed E-state index contributed by atoms with van der Waals surface area (Å²) in [5, 5.41) is 11.3. The molecule has 7 heteroatoms. The van der Waals surface area contributed by atoms with Crippen LogP contribution in [0.25, 0.3) is 5.76 Å². The highest BCUT2D eigenvalue weighted by molar-refractivity contribution is 6.46. The molecule has 2 aliphatic rings. The van der Waals surface area contributed by atoms with E-state index in [0.29, 0.717) is 23.5 Å². The number of hydrogen-bond acceptors (Lipinski definition) is 6. The molecule has 0 bridgehead atoms. The van der Waals surface area contributed by atoms with Gasteiger partial charge in [-0.15, -0.1) is 0 Å². The van der Waals surface area contributed by atoms with Gasteiger partial charge in [-0.1, -0.05) is 18.2 Å². The number of fused-ring (bicyclic) bond motifs is 1. The number of ketones is 1. The van der Waals surface area contributed by atoms with Crippen LogP contribution in [-0.2, 0) is 22.6 Å². The van der Waals surface area contributed by atoms with Gasteiger partial charge in [0.05, 0.1) is 25.3 Å². The largest absolute Gasteiger partial charge is 0.507 e. The number of amides is 1. The molecule has 0 radical (unpaired) electrons. The monoisotopic (exact) mass is 456 g/mol. The van der Waals surface area contributed by atoms with Gasteiger partial charge < -0.3 is 19.5 Å². The van der Waals surface area contributed by atoms with Crippen LogP contribution in [0.4, 0.5) is 0 Å². The number of carbonyl (C=O) groups is 2. The summed E-state index contributed by atoms with van der Waals surface area (Å²) < 4.78 is 11.0. The maximum Gasteiger partial charge on any atom is 0.295 e. The van der Waals surface area contributed by atoms with Crippen LogP contribution in [0.5, 0.6) is 11.5 Å². The van der Waals surface area contributed by atoms with Crippen molar-refractivity contribution in [3.05, 3.63) is 94.8 Å². The zero-order valence-electron chi connectivity index (χ0n) is 18.7. The second-order valence-corrected chi connectivity index (χ2v) is 8.34. The number of aryl methyl sites for hydroxylation is 1. The Labute approximate surface area is 197 Å². The molecule has 172 valence electrons. The van der Waals surface area contributed by atoms with Crippen molar-refractivity contribution in [2.24, 2.45) is 0 Å². The molecule has 1 aromatic heterocycles.